The van der Waals surface area contributed by atoms with E-state index in [4.69, 9.17) is 4.74 Å². The van der Waals surface area contributed by atoms with Gasteiger partial charge >= 0.3 is 5.97 Å². The van der Waals surface area contributed by atoms with E-state index in [2.05, 4.69) is 18.6 Å². The van der Waals surface area contributed by atoms with Gasteiger partial charge in [-0.1, -0.05) is 13.8 Å². The summed E-state index contributed by atoms with van der Waals surface area (Å²) in [6, 6.07) is 2.20. The average molecular weight is 327 g/mol. The van der Waals surface area contributed by atoms with Crippen molar-refractivity contribution >= 4 is 5.97 Å². The smallest absolute Gasteiger partial charge is 0.338 e. The van der Waals surface area contributed by atoms with Crippen LogP contribution in [0.4, 0.5) is 8.78 Å². The average Bonchev–Trinajstić information content (AvgIpc) is 2.50. The molecule has 0 spiro atoms. The Balaban J connectivity index is 2.19. The third-order valence-corrected chi connectivity index (χ3v) is 4.02. The molecule has 0 bridgehead atoms. The van der Waals surface area contributed by atoms with Gasteiger partial charge in [0.05, 0.1) is 25.9 Å². The number of hydrogen-bond acceptors (Lipinski definition) is 4. The standard InChI is InChI=1S/C17H23F2NO3/c1-11(2)6-13-10-23-5-4-20(13)9-14-15(18)7-12(8-16(14)19)17(21)22-3/h7-8,11,13H,4-6,9-10H2,1-3H3/t13-/m0/s1. The lowest BCUT2D eigenvalue weighted by Crippen LogP contribution is -2.45. The molecule has 0 saturated carbocycles. The largest absolute Gasteiger partial charge is 0.465 e. The van der Waals surface area contributed by atoms with E-state index in [-0.39, 0.29) is 23.7 Å². The van der Waals surface area contributed by atoms with Crippen LogP contribution in [0.1, 0.15) is 36.2 Å². The normalized spacial score (nSPS) is 19.1. The van der Waals surface area contributed by atoms with E-state index in [1.54, 1.807) is 0 Å². The summed E-state index contributed by atoms with van der Waals surface area (Å²) < 4.78 is 38.5. The van der Waals surface area contributed by atoms with Crippen molar-refractivity contribution in [2.75, 3.05) is 26.9 Å². The molecule has 0 N–H and O–H groups in total. The van der Waals surface area contributed by atoms with Crippen LogP contribution in [-0.2, 0) is 16.0 Å². The van der Waals surface area contributed by atoms with E-state index in [0.29, 0.717) is 25.7 Å². The van der Waals surface area contributed by atoms with Gasteiger partial charge in [0.2, 0.25) is 0 Å². The van der Waals surface area contributed by atoms with Crippen LogP contribution >= 0.6 is 0 Å². The highest BCUT2D eigenvalue weighted by molar-refractivity contribution is 5.89. The molecule has 23 heavy (non-hydrogen) atoms. The second kappa shape index (κ2) is 7.84. The van der Waals surface area contributed by atoms with Crippen molar-refractivity contribution < 1.29 is 23.0 Å². The third-order valence-electron chi connectivity index (χ3n) is 4.02. The summed E-state index contributed by atoms with van der Waals surface area (Å²) >= 11 is 0. The van der Waals surface area contributed by atoms with Crippen molar-refractivity contribution in [3.05, 3.63) is 34.9 Å². The Hall–Kier alpha value is -1.53. The first-order valence-electron chi connectivity index (χ1n) is 7.80. The van der Waals surface area contributed by atoms with Gasteiger partial charge in [-0.2, -0.15) is 0 Å². The van der Waals surface area contributed by atoms with Gasteiger partial charge in [-0.25, -0.2) is 13.6 Å². The van der Waals surface area contributed by atoms with Gasteiger partial charge in [0.15, 0.2) is 0 Å². The second-order valence-corrected chi connectivity index (χ2v) is 6.24. The zero-order valence-corrected chi connectivity index (χ0v) is 13.8. The highest BCUT2D eigenvalue weighted by Gasteiger charge is 2.26. The summed E-state index contributed by atoms with van der Waals surface area (Å²) in [5, 5.41) is 0. The number of esters is 1. The van der Waals surface area contributed by atoms with E-state index < -0.39 is 17.6 Å². The number of carbonyl (C=O) groups excluding carboxylic acids is 1. The maximum atomic E-state index is 14.2. The molecule has 128 valence electrons. The number of benzene rings is 1. The Labute approximate surface area is 135 Å². The van der Waals surface area contributed by atoms with Crippen LogP contribution in [0, 0.1) is 17.6 Å². The van der Waals surface area contributed by atoms with Gasteiger partial charge in [-0.05, 0) is 24.5 Å². The molecule has 4 nitrogen and oxygen atoms in total. The summed E-state index contributed by atoms with van der Waals surface area (Å²) in [6.07, 6.45) is 0.906. The Morgan fingerprint density at radius 1 is 1.39 bits per heavy atom. The summed E-state index contributed by atoms with van der Waals surface area (Å²) in [5.74, 6) is -1.72. The van der Waals surface area contributed by atoms with E-state index in [1.807, 2.05) is 4.90 Å². The predicted octanol–water partition coefficient (Wildman–Crippen LogP) is 3.00. The SMILES string of the molecule is COC(=O)c1cc(F)c(CN2CCOC[C@@H]2CC(C)C)c(F)c1. The Bertz CT molecular complexity index is 540. The molecule has 1 saturated heterocycles. The first-order valence-corrected chi connectivity index (χ1v) is 7.80. The first-order chi connectivity index (χ1) is 10.9. The van der Waals surface area contributed by atoms with Crippen LogP contribution < -0.4 is 0 Å². The number of ether oxygens (including phenoxy) is 2. The molecular weight excluding hydrogens is 304 g/mol. The van der Waals surface area contributed by atoms with Gasteiger partial charge < -0.3 is 9.47 Å². The van der Waals surface area contributed by atoms with Gasteiger partial charge in [0.1, 0.15) is 11.6 Å². The highest BCUT2D eigenvalue weighted by Crippen LogP contribution is 2.22. The third kappa shape index (κ3) is 4.48. The monoisotopic (exact) mass is 327 g/mol. The number of carbonyl (C=O) groups is 1. The van der Waals surface area contributed by atoms with Crippen molar-refractivity contribution in [2.24, 2.45) is 5.92 Å². The summed E-state index contributed by atoms with van der Waals surface area (Å²) in [6.45, 7) is 6.15. The molecule has 0 unspecified atom stereocenters. The van der Waals surface area contributed by atoms with Crippen LogP contribution in [0.25, 0.3) is 0 Å². The quantitative estimate of drug-likeness (QED) is 0.780. The van der Waals surface area contributed by atoms with Crippen LogP contribution in [-0.4, -0.2) is 43.8 Å². The van der Waals surface area contributed by atoms with Crippen molar-refractivity contribution in [2.45, 2.75) is 32.9 Å². The van der Waals surface area contributed by atoms with Crippen molar-refractivity contribution in [3.63, 3.8) is 0 Å². The minimum Gasteiger partial charge on any atom is -0.465 e. The van der Waals surface area contributed by atoms with Crippen LogP contribution in [0.5, 0.6) is 0 Å². The number of hydrogen-bond donors (Lipinski definition) is 0. The lowest BCUT2D eigenvalue weighted by atomic mass is 10.0. The lowest BCUT2D eigenvalue weighted by Gasteiger charge is -2.36. The van der Waals surface area contributed by atoms with E-state index >= 15 is 0 Å². The predicted molar refractivity (Wildman–Crippen MR) is 82.2 cm³/mol. The first kappa shape index (κ1) is 17.8. The fourth-order valence-corrected chi connectivity index (χ4v) is 2.85. The number of nitrogens with zero attached hydrogens (tertiary/aromatic N) is 1. The molecular formula is C17H23F2NO3. The highest BCUT2D eigenvalue weighted by atomic mass is 19.1. The maximum absolute atomic E-state index is 14.2. The Morgan fingerprint density at radius 2 is 2.04 bits per heavy atom. The fraction of sp³-hybridized carbons (Fsp3) is 0.588. The summed E-state index contributed by atoms with van der Waals surface area (Å²) in [4.78, 5) is 13.5. The second-order valence-electron chi connectivity index (χ2n) is 6.24. The van der Waals surface area contributed by atoms with Gasteiger partial charge in [-0.15, -0.1) is 0 Å². The molecule has 1 fully saturated rings. The van der Waals surface area contributed by atoms with Gasteiger partial charge in [0, 0.05) is 24.7 Å². The molecule has 0 amide bonds. The van der Waals surface area contributed by atoms with Crippen LogP contribution in [0.2, 0.25) is 0 Å². The molecule has 1 aromatic rings. The molecule has 1 heterocycles. The molecule has 6 heteroatoms. The Kier molecular flexibility index (Phi) is 6.07. The minimum atomic E-state index is -0.751. The Morgan fingerprint density at radius 3 is 2.61 bits per heavy atom. The molecule has 1 atom stereocenters. The van der Waals surface area contributed by atoms with Gasteiger partial charge in [-0.3, -0.25) is 4.90 Å². The molecule has 0 radical (unpaired) electrons. The maximum Gasteiger partial charge on any atom is 0.338 e. The van der Waals surface area contributed by atoms with E-state index in [0.717, 1.165) is 18.6 Å². The van der Waals surface area contributed by atoms with Crippen LogP contribution in [0.15, 0.2) is 12.1 Å². The molecule has 1 aliphatic heterocycles. The van der Waals surface area contributed by atoms with E-state index in [9.17, 15) is 13.6 Å². The zero-order valence-electron chi connectivity index (χ0n) is 13.8. The topological polar surface area (TPSA) is 38.8 Å². The van der Waals surface area contributed by atoms with E-state index in [1.165, 1.54) is 7.11 Å². The fourth-order valence-electron chi connectivity index (χ4n) is 2.85. The zero-order chi connectivity index (χ0) is 17.0. The van der Waals surface area contributed by atoms with Crippen LogP contribution in [0.3, 0.4) is 0 Å². The minimum absolute atomic E-state index is 0.0201. The summed E-state index contributed by atoms with van der Waals surface area (Å²) in [7, 11) is 1.18. The molecule has 1 aliphatic rings. The molecule has 0 aliphatic carbocycles. The molecule has 1 aromatic carbocycles. The van der Waals surface area contributed by atoms with Gasteiger partial charge in [0.25, 0.3) is 0 Å². The van der Waals surface area contributed by atoms with Crippen molar-refractivity contribution in [1.29, 1.82) is 0 Å². The lowest BCUT2D eigenvalue weighted by molar-refractivity contribution is -0.0195. The van der Waals surface area contributed by atoms with Crippen molar-refractivity contribution in [1.82, 2.24) is 4.90 Å². The van der Waals surface area contributed by atoms with Crippen molar-refractivity contribution in [3.8, 4) is 0 Å². The number of halogens is 2. The summed E-state index contributed by atoms with van der Waals surface area (Å²) in [5.41, 5.74) is -0.139. The molecule has 2 rings (SSSR count). The molecule has 0 aromatic heterocycles. The number of rotatable bonds is 5. The number of methoxy groups -OCH3 is 1. The number of morpholine rings is 1.